The third kappa shape index (κ3) is 2.86. The molecule has 2 heteroatoms. The number of hydrogen-bond donors (Lipinski definition) is 1. The molecule has 88 valence electrons. The molecule has 0 spiro atoms. The van der Waals surface area contributed by atoms with Crippen LogP contribution in [0.15, 0.2) is 28.7 Å². The van der Waals surface area contributed by atoms with Crippen LogP contribution in [-0.4, -0.2) is 5.54 Å². The summed E-state index contributed by atoms with van der Waals surface area (Å²) in [5, 5.41) is 0. The van der Waals surface area contributed by atoms with Crippen LogP contribution in [0.4, 0.5) is 0 Å². The van der Waals surface area contributed by atoms with Gasteiger partial charge < -0.3 is 5.73 Å². The molecular formula is C14H20BrN. The van der Waals surface area contributed by atoms with Crippen LogP contribution in [0.25, 0.3) is 0 Å². The van der Waals surface area contributed by atoms with Gasteiger partial charge in [0, 0.05) is 10.0 Å². The predicted octanol–water partition coefficient (Wildman–Crippen LogP) is 4.00. The Bertz CT molecular complexity index is 357. The van der Waals surface area contributed by atoms with E-state index in [1.165, 1.54) is 24.8 Å². The van der Waals surface area contributed by atoms with Crippen molar-refractivity contribution in [1.29, 1.82) is 0 Å². The molecule has 0 amide bonds. The lowest BCUT2D eigenvalue weighted by Gasteiger charge is -2.23. The molecule has 0 aliphatic heterocycles. The Labute approximate surface area is 107 Å². The normalized spacial score (nSPS) is 18.5. The maximum Gasteiger partial charge on any atom is 0.0175 e. The molecule has 2 N–H and O–H groups in total. The maximum absolute atomic E-state index is 6.07. The van der Waals surface area contributed by atoms with Crippen LogP contribution in [0, 0.1) is 0 Å². The molecular weight excluding hydrogens is 262 g/mol. The van der Waals surface area contributed by atoms with Gasteiger partial charge in [-0.3, -0.25) is 0 Å². The van der Waals surface area contributed by atoms with Crippen LogP contribution in [-0.2, 0) is 5.41 Å². The number of benzene rings is 1. The molecule has 0 radical (unpaired) electrons. The number of hydrogen-bond acceptors (Lipinski definition) is 1. The Morgan fingerprint density at radius 2 is 1.81 bits per heavy atom. The Hall–Kier alpha value is -0.340. The Kier molecular flexibility index (Phi) is 3.15. The van der Waals surface area contributed by atoms with Gasteiger partial charge >= 0.3 is 0 Å². The third-order valence-electron chi connectivity index (χ3n) is 3.56. The molecule has 2 rings (SSSR count). The molecule has 0 bridgehead atoms. The van der Waals surface area contributed by atoms with Crippen molar-refractivity contribution >= 4 is 15.9 Å². The summed E-state index contributed by atoms with van der Waals surface area (Å²) in [6.07, 6.45) is 4.97. The van der Waals surface area contributed by atoms with Crippen molar-refractivity contribution in [3.8, 4) is 0 Å². The second kappa shape index (κ2) is 4.15. The molecule has 1 aliphatic carbocycles. The smallest absolute Gasteiger partial charge is 0.0175 e. The highest BCUT2D eigenvalue weighted by atomic mass is 79.9. The zero-order chi connectivity index (χ0) is 11.8. The van der Waals surface area contributed by atoms with Crippen molar-refractivity contribution in [3.63, 3.8) is 0 Å². The van der Waals surface area contributed by atoms with Crippen molar-refractivity contribution in [1.82, 2.24) is 0 Å². The molecule has 1 fully saturated rings. The van der Waals surface area contributed by atoms with E-state index in [1.54, 1.807) is 0 Å². The maximum atomic E-state index is 6.07. The monoisotopic (exact) mass is 281 g/mol. The number of nitrogens with two attached hydrogens (primary N) is 1. The van der Waals surface area contributed by atoms with E-state index in [0.29, 0.717) is 5.41 Å². The van der Waals surface area contributed by atoms with Crippen LogP contribution < -0.4 is 5.73 Å². The summed E-state index contributed by atoms with van der Waals surface area (Å²) in [4.78, 5) is 0. The molecule has 0 unspecified atom stereocenters. The zero-order valence-electron chi connectivity index (χ0n) is 10.1. The van der Waals surface area contributed by atoms with E-state index in [0.717, 1.165) is 10.9 Å². The molecule has 1 aliphatic rings. The fourth-order valence-electron chi connectivity index (χ4n) is 2.20. The molecule has 1 aromatic rings. The van der Waals surface area contributed by atoms with E-state index >= 15 is 0 Å². The quantitative estimate of drug-likeness (QED) is 0.887. The zero-order valence-corrected chi connectivity index (χ0v) is 11.7. The highest BCUT2D eigenvalue weighted by Gasteiger charge is 2.44. The van der Waals surface area contributed by atoms with Gasteiger partial charge in [0.2, 0.25) is 0 Å². The SMILES string of the molecule is CC(C)(N)CCC1(c2ccc(Br)cc2)CC1. The van der Waals surface area contributed by atoms with Gasteiger partial charge in [-0.15, -0.1) is 0 Å². The first kappa shape index (κ1) is 12.1. The lowest BCUT2D eigenvalue weighted by atomic mass is 9.86. The molecule has 1 saturated carbocycles. The van der Waals surface area contributed by atoms with Gasteiger partial charge in [-0.1, -0.05) is 28.1 Å². The van der Waals surface area contributed by atoms with E-state index in [4.69, 9.17) is 5.73 Å². The lowest BCUT2D eigenvalue weighted by molar-refractivity contribution is 0.422. The van der Waals surface area contributed by atoms with Crippen LogP contribution in [0.1, 0.15) is 45.1 Å². The highest BCUT2D eigenvalue weighted by molar-refractivity contribution is 9.10. The van der Waals surface area contributed by atoms with Gasteiger partial charge in [-0.2, -0.15) is 0 Å². The lowest BCUT2D eigenvalue weighted by Crippen LogP contribution is -2.32. The van der Waals surface area contributed by atoms with E-state index in [2.05, 4.69) is 54.0 Å². The third-order valence-corrected chi connectivity index (χ3v) is 4.09. The van der Waals surface area contributed by atoms with Crippen LogP contribution in [0.3, 0.4) is 0 Å². The summed E-state index contributed by atoms with van der Waals surface area (Å²) in [5.41, 5.74) is 7.96. The van der Waals surface area contributed by atoms with Gasteiger partial charge in [0.05, 0.1) is 0 Å². The largest absolute Gasteiger partial charge is 0.326 e. The minimum Gasteiger partial charge on any atom is -0.326 e. The summed E-state index contributed by atoms with van der Waals surface area (Å²) >= 11 is 3.48. The van der Waals surface area contributed by atoms with Crippen molar-refractivity contribution in [2.75, 3.05) is 0 Å². The number of halogens is 1. The number of rotatable bonds is 4. The van der Waals surface area contributed by atoms with Crippen LogP contribution in [0.5, 0.6) is 0 Å². The average molecular weight is 282 g/mol. The summed E-state index contributed by atoms with van der Waals surface area (Å²) in [6.45, 7) is 4.23. The van der Waals surface area contributed by atoms with Crippen molar-refractivity contribution < 1.29 is 0 Å². The van der Waals surface area contributed by atoms with E-state index in [1.807, 2.05) is 0 Å². The standard InChI is InChI=1S/C14H20BrN/c1-13(2,16)7-8-14(9-10-14)11-3-5-12(15)6-4-11/h3-6H,7-10,16H2,1-2H3. The highest BCUT2D eigenvalue weighted by Crippen LogP contribution is 2.52. The molecule has 0 saturated heterocycles. The van der Waals surface area contributed by atoms with Crippen molar-refractivity contribution in [2.24, 2.45) is 5.73 Å². The van der Waals surface area contributed by atoms with Gasteiger partial charge in [0.25, 0.3) is 0 Å². The van der Waals surface area contributed by atoms with E-state index < -0.39 is 0 Å². The van der Waals surface area contributed by atoms with E-state index in [-0.39, 0.29) is 5.54 Å². The van der Waals surface area contributed by atoms with Crippen molar-refractivity contribution in [3.05, 3.63) is 34.3 Å². The van der Waals surface area contributed by atoms with Gasteiger partial charge in [0.1, 0.15) is 0 Å². The van der Waals surface area contributed by atoms with Gasteiger partial charge in [0.15, 0.2) is 0 Å². The second-order valence-corrected chi connectivity index (χ2v) is 6.69. The summed E-state index contributed by atoms with van der Waals surface area (Å²) < 4.78 is 1.16. The summed E-state index contributed by atoms with van der Waals surface area (Å²) in [7, 11) is 0. The average Bonchev–Trinajstić information content (AvgIpc) is 2.96. The van der Waals surface area contributed by atoms with Crippen LogP contribution in [0.2, 0.25) is 0 Å². The fourth-order valence-corrected chi connectivity index (χ4v) is 2.46. The van der Waals surface area contributed by atoms with Crippen LogP contribution >= 0.6 is 15.9 Å². The Balaban J connectivity index is 2.06. The molecule has 0 aromatic heterocycles. The molecule has 1 aromatic carbocycles. The molecule has 0 atom stereocenters. The van der Waals surface area contributed by atoms with Gasteiger partial charge in [-0.05, 0) is 62.6 Å². The fraction of sp³-hybridized carbons (Fsp3) is 0.571. The topological polar surface area (TPSA) is 26.0 Å². The minimum atomic E-state index is -0.0368. The summed E-state index contributed by atoms with van der Waals surface area (Å²) in [6, 6.07) is 8.78. The molecule has 0 heterocycles. The first-order valence-electron chi connectivity index (χ1n) is 5.96. The summed E-state index contributed by atoms with van der Waals surface area (Å²) in [5.74, 6) is 0. The predicted molar refractivity (Wildman–Crippen MR) is 72.6 cm³/mol. The Morgan fingerprint density at radius 3 is 2.25 bits per heavy atom. The van der Waals surface area contributed by atoms with Crippen molar-refractivity contribution in [2.45, 2.75) is 50.5 Å². The van der Waals surface area contributed by atoms with Gasteiger partial charge in [-0.25, -0.2) is 0 Å². The molecule has 16 heavy (non-hydrogen) atoms. The molecule has 1 nitrogen and oxygen atoms in total. The first-order valence-corrected chi connectivity index (χ1v) is 6.76. The minimum absolute atomic E-state index is 0.0368. The second-order valence-electron chi connectivity index (χ2n) is 5.78. The Morgan fingerprint density at radius 1 is 1.25 bits per heavy atom. The van der Waals surface area contributed by atoms with E-state index in [9.17, 15) is 0 Å². The first-order chi connectivity index (χ1) is 7.41.